The van der Waals surface area contributed by atoms with Crippen LogP contribution in [0.25, 0.3) is 0 Å². The maximum atomic E-state index is 10.9. The number of hydrogen-bond donors (Lipinski definition) is 1. The van der Waals surface area contributed by atoms with Crippen molar-refractivity contribution >= 4 is 30.5 Å². The van der Waals surface area contributed by atoms with Crippen molar-refractivity contribution in [2.45, 2.75) is 13.3 Å². The SMILES string of the molecule is CC(=O)C(CC=O)C(=O)CS. The van der Waals surface area contributed by atoms with Crippen LogP contribution in [0.2, 0.25) is 0 Å². The summed E-state index contributed by atoms with van der Waals surface area (Å²) in [4.78, 5) is 31.6. The first-order valence-corrected chi connectivity index (χ1v) is 3.84. The Hall–Kier alpha value is -0.640. The molecule has 0 N–H and O–H groups in total. The Morgan fingerprint density at radius 2 is 2.09 bits per heavy atom. The summed E-state index contributed by atoms with van der Waals surface area (Å²) in [5, 5.41) is 0. The Morgan fingerprint density at radius 3 is 2.36 bits per heavy atom. The third kappa shape index (κ3) is 3.32. The first-order valence-electron chi connectivity index (χ1n) is 3.21. The molecule has 1 unspecified atom stereocenters. The largest absolute Gasteiger partial charge is 0.303 e. The standard InChI is InChI=1S/C7H10O3S/c1-5(9)6(2-3-8)7(10)4-11/h3,6,11H,2,4H2,1H3. The lowest BCUT2D eigenvalue weighted by Gasteiger charge is -2.05. The maximum absolute atomic E-state index is 10.9. The second-order valence-electron chi connectivity index (χ2n) is 2.19. The van der Waals surface area contributed by atoms with Crippen molar-refractivity contribution in [1.29, 1.82) is 0 Å². The molecule has 0 aromatic heterocycles. The Kier molecular flexibility index (Phi) is 4.77. The van der Waals surface area contributed by atoms with Crippen LogP contribution < -0.4 is 0 Å². The molecule has 0 spiro atoms. The minimum atomic E-state index is -0.773. The molecule has 0 saturated carbocycles. The molecular weight excluding hydrogens is 164 g/mol. The fourth-order valence-electron chi connectivity index (χ4n) is 0.731. The first-order chi connectivity index (χ1) is 5.13. The fraction of sp³-hybridized carbons (Fsp3) is 0.571. The van der Waals surface area contributed by atoms with Gasteiger partial charge >= 0.3 is 0 Å². The lowest BCUT2D eigenvalue weighted by atomic mass is 9.98. The van der Waals surface area contributed by atoms with Gasteiger partial charge in [-0.05, 0) is 6.92 Å². The smallest absolute Gasteiger partial charge is 0.153 e. The minimum Gasteiger partial charge on any atom is -0.303 e. The molecule has 0 saturated heterocycles. The Morgan fingerprint density at radius 1 is 1.55 bits per heavy atom. The van der Waals surface area contributed by atoms with Crippen LogP contribution in [0.5, 0.6) is 0 Å². The van der Waals surface area contributed by atoms with Gasteiger partial charge in [0.25, 0.3) is 0 Å². The van der Waals surface area contributed by atoms with Crippen molar-refractivity contribution in [3.63, 3.8) is 0 Å². The molecule has 0 aromatic rings. The van der Waals surface area contributed by atoms with Crippen LogP contribution in [-0.4, -0.2) is 23.6 Å². The van der Waals surface area contributed by atoms with E-state index in [1.165, 1.54) is 6.92 Å². The molecule has 0 aromatic carbocycles. The molecule has 1 atom stereocenters. The summed E-state index contributed by atoms with van der Waals surface area (Å²) < 4.78 is 0. The molecule has 3 nitrogen and oxygen atoms in total. The van der Waals surface area contributed by atoms with Crippen molar-refractivity contribution < 1.29 is 14.4 Å². The fourth-order valence-corrected chi connectivity index (χ4v) is 0.951. The topological polar surface area (TPSA) is 51.2 Å². The van der Waals surface area contributed by atoms with E-state index in [0.29, 0.717) is 6.29 Å². The third-order valence-electron chi connectivity index (χ3n) is 1.37. The zero-order valence-corrected chi connectivity index (χ0v) is 7.14. The Balaban J connectivity index is 4.20. The zero-order chi connectivity index (χ0) is 8.85. The second-order valence-corrected chi connectivity index (χ2v) is 2.51. The first kappa shape index (κ1) is 10.4. The minimum absolute atomic E-state index is 0.0120. The van der Waals surface area contributed by atoms with E-state index in [1.54, 1.807) is 0 Å². The second kappa shape index (κ2) is 5.07. The van der Waals surface area contributed by atoms with E-state index in [0.717, 1.165) is 0 Å². The molecule has 0 fully saturated rings. The van der Waals surface area contributed by atoms with E-state index < -0.39 is 5.92 Å². The van der Waals surface area contributed by atoms with Crippen molar-refractivity contribution in [2.24, 2.45) is 5.92 Å². The number of ketones is 2. The van der Waals surface area contributed by atoms with Crippen molar-refractivity contribution in [3.05, 3.63) is 0 Å². The van der Waals surface area contributed by atoms with E-state index in [9.17, 15) is 14.4 Å². The van der Waals surface area contributed by atoms with Crippen LogP contribution >= 0.6 is 12.6 Å². The quantitative estimate of drug-likeness (QED) is 0.370. The van der Waals surface area contributed by atoms with Crippen LogP contribution in [0.4, 0.5) is 0 Å². The van der Waals surface area contributed by atoms with Crippen LogP contribution in [-0.2, 0) is 14.4 Å². The van der Waals surface area contributed by atoms with Gasteiger partial charge in [0.2, 0.25) is 0 Å². The lowest BCUT2D eigenvalue weighted by molar-refractivity contribution is -0.132. The maximum Gasteiger partial charge on any atom is 0.153 e. The average molecular weight is 174 g/mol. The van der Waals surface area contributed by atoms with Gasteiger partial charge in [-0.2, -0.15) is 12.6 Å². The van der Waals surface area contributed by atoms with Crippen LogP contribution in [0.1, 0.15) is 13.3 Å². The van der Waals surface area contributed by atoms with Gasteiger partial charge in [-0.15, -0.1) is 0 Å². The predicted molar refractivity (Wildman–Crippen MR) is 43.7 cm³/mol. The van der Waals surface area contributed by atoms with E-state index in [1.807, 2.05) is 0 Å². The predicted octanol–water partition coefficient (Wildman–Crippen LogP) is 0.280. The van der Waals surface area contributed by atoms with Crippen molar-refractivity contribution in [2.75, 3.05) is 5.75 Å². The summed E-state index contributed by atoms with van der Waals surface area (Å²) in [7, 11) is 0. The molecule has 0 aliphatic rings. The van der Waals surface area contributed by atoms with Crippen LogP contribution in [0, 0.1) is 5.92 Å². The van der Waals surface area contributed by atoms with Gasteiger partial charge in [-0.25, -0.2) is 0 Å². The van der Waals surface area contributed by atoms with Gasteiger partial charge in [0.1, 0.15) is 12.1 Å². The monoisotopic (exact) mass is 174 g/mol. The number of carbonyl (C=O) groups is 3. The number of Topliss-reactive ketones (excluding diaryl/α,β-unsaturated/α-hetero) is 2. The lowest BCUT2D eigenvalue weighted by Crippen LogP contribution is -2.23. The number of hydrogen-bond acceptors (Lipinski definition) is 4. The molecule has 0 rings (SSSR count). The zero-order valence-electron chi connectivity index (χ0n) is 6.24. The molecular formula is C7H10O3S. The number of aldehydes is 1. The van der Waals surface area contributed by atoms with Crippen molar-refractivity contribution in [3.8, 4) is 0 Å². The van der Waals surface area contributed by atoms with Gasteiger partial charge in [-0.1, -0.05) is 0 Å². The molecule has 0 aliphatic carbocycles. The summed E-state index contributed by atoms with van der Waals surface area (Å²) >= 11 is 3.72. The van der Waals surface area contributed by atoms with E-state index in [2.05, 4.69) is 12.6 Å². The highest BCUT2D eigenvalue weighted by Crippen LogP contribution is 2.05. The van der Waals surface area contributed by atoms with Crippen LogP contribution in [0.3, 0.4) is 0 Å². The highest BCUT2D eigenvalue weighted by atomic mass is 32.1. The van der Waals surface area contributed by atoms with Gasteiger partial charge < -0.3 is 4.79 Å². The summed E-state index contributed by atoms with van der Waals surface area (Å²) in [6, 6.07) is 0. The molecule has 0 heterocycles. The normalized spacial score (nSPS) is 12.2. The molecule has 11 heavy (non-hydrogen) atoms. The van der Waals surface area contributed by atoms with Crippen LogP contribution in [0.15, 0.2) is 0 Å². The third-order valence-corrected chi connectivity index (χ3v) is 1.68. The number of thiol groups is 1. The molecule has 0 amide bonds. The Labute approximate surface area is 70.6 Å². The van der Waals surface area contributed by atoms with E-state index >= 15 is 0 Å². The van der Waals surface area contributed by atoms with Crippen molar-refractivity contribution in [1.82, 2.24) is 0 Å². The Bertz CT molecular complexity index is 177. The highest BCUT2D eigenvalue weighted by molar-refractivity contribution is 7.81. The van der Waals surface area contributed by atoms with Gasteiger partial charge in [0, 0.05) is 12.2 Å². The molecule has 0 radical (unpaired) electrons. The summed E-state index contributed by atoms with van der Waals surface area (Å²) in [6.45, 7) is 1.30. The van der Waals surface area contributed by atoms with E-state index in [4.69, 9.17) is 0 Å². The summed E-state index contributed by atoms with van der Waals surface area (Å²) in [5.41, 5.74) is 0. The average Bonchev–Trinajstić information content (AvgIpc) is 1.98. The van der Waals surface area contributed by atoms with Gasteiger partial charge in [0.05, 0.1) is 5.92 Å². The highest BCUT2D eigenvalue weighted by Gasteiger charge is 2.20. The molecule has 0 bridgehead atoms. The molecule has 0 aliphatic heterocycles. The number of rotatable bonds is 5. The van der Waals surface area contributed by atoms with E-state index in [-0.39, 0.29) is 23.7 Å². The molecule has 4 heteroatoms. The van der Waals surface area contributed by atoms with Gasteiger partial charge in [-0.3, -0.25) is 9.59 Å². The number of carbonyl (C=O) groups excluding carboxylic acids is 3. The summed E-state index contributed by atoms with van der Waals surface area (Å²) in [6.07, 6.45) is 0.558. The summed E-state index contributed by atoms with van der Waals surface area (Å²) in [5.74, 6) is -1.31. The van der Waals surface area contributed by atoms with Gasteiger partial charge in [0.15, 0.2) is 5.78 Å². The molecule has 62 valence electrons.